The van der Waals surface area contributed by atoms with Crippen molar-refractivity contribution in [2.75, 3.05) is 5.32 Å². The molecule has 0 unspecified atom stereocenters. The second kappa shape index (κ2) is 5.16. The third kappa shape index (κ3) is 3.35. The monoisotopic (exact) mass is 306 g/mol. The molecule has 0 aromatic heterocycles. The van der Waals surface area contributed by atoms with Crippen molar-refractivity contribution in [1.82, 2.24) is 0 Å². The quantitative estimate of drug-likeness (QED) is 0.798. The van der Waals surface area contributed by atoms with Gasteiger partial charge in [0.1, 0.15) is 11.4 Å². The molecule has 5 heteroatoms. The van der Waals surface area contributed by atoms with E-state index in [2.05, 4.69) is 5.32 Å². The fraction of sp³-hybridized carbons (Fsp3) is 0.588. The molecule has 1 amide bonds. The van der Waals surface area contributed by atoms with Crippen LogP contribution in [0, 0.1) is 0 Å². The Balaban J connectivity index is 2.15. The fourth-order valence-corrected chi connectivity index (χ4v) is 2.59. The average molecular weight is 306 g/mol. The van der Waals surface area contributed by atoms with E-state index in [-0.39, 0.29) is 16.7 Å². The summed E-state index contributed by atoms with van der Waals surface area (Å²) in [6, 6.07) is 5.11. The van der Waals surface area contributed by atoms with Gasteiger partial charge in [-0.1, -0.05) is 19.9 Å². The summed E-state index contributed by atoms with van der Waals surface area (Å²) in [5.74, 6) is 0.135. The number of anilines is 1. The number of hydrogen-bond donors (Lipinski definition) is 3. The Morgan fingerprint density at radius 2 is 1.86 bits per heavy atom. The highest BCUT2D eigenvalue weighted by Crippen LogP contribution is 2.51. The number of ether oxygens (including phenoxy) is 1. The van der Waals surface area contributed by atoms with Gasteiger partial charge < -0.3 is 15.6 Å². The minimum atomic E-state index is -0.564. The predicted molar refractivity (Wildman–Crippen MR) is 87.1 cm³/mol. The third-order valence-corrected chi connectivity index (χ3v) is 4.35. The second-order valence-electron chi connectivity index (χ2n) is 7.64. The summed E-state index contributed by atoms with van der Waals surface area (Å²) < 4.78 is 5.19. The summed E-state index contributed by atoms with van der Waals surface area (Å²) in [4.78, 5) is 11.8. The summed E-state index contributed by atoms with van der Waals surface area (Å²) in [6.07, 6.45) is 1.37. The lowest BCUT2D eigenvalue weighted by molar-refractivity contribution is 0.0636. The zero-order valence-corrected chi connectivity index (χ0v) is 14.0. The Labute approximate surface area is 131 Å². The van der Waals surface area contributed by atoms with Gasteiger partial charge in [-0.05, 0) is 39.7 Å². The number of aromatic hydroxyl groups is 1. The van der Waals surface area contributed by atoms with Gasteiger partial charge in [-0.25, -0.2) is 4.79 Å². The number of amides is 1. The summed E-state index contributed by atoms with van der Waals surface area (Å²) >= 11 is 0. The first-order valence-electron chi connectivity index (χ1n) is 7.57. The Morgan fingerprint density at radius 1 is 1.27 bits per heavy atom. The van der Waals surface area contributed by atoms with Crippen molar-refractivity contribution in [1.29, 1.82) is 0 Å². The zero-order valence-electron chi connectivity index (χ0n) is 14.0. The van der Waals surface area contributed by atoms with E-state index in [1.807, 2.05) is 19.9 Å². The Bertz CT molecular complexity index is 584. The van der Waals surface area contributed by atoms with Crippen LogP contribution in [0.25, 0.3) is 0 Å². The number of nitrogens with one attached hydrogen (secondary N) is 1. The average Bonchev–Trinajstić information content (AvgIpc) is 3.06. The number of benzene rings is 1. The molecule has 0 radical (unpaired) electrons. The maximum absolute atomic E-state index is 11.8. The summed E-state index contributed by atoms with van der Waals surface area (Å²) in [5, 5.41) is 12.9. The van der Waals surface area contributed by atoms with Gasteiger partial charge >= 0.3 is 6.09 Å². The first-order valence-corrected chi connectivity index (χ1v) is 7.57. The molecule has 2 rings (SSSR count). The lowest BCUT2D eigenvalue weighted by Crippen LogP contribution is -2.43. The molecule has 0 saturated heterocycles. The van der Waals surface area contributed by atoms with E-state index in [0.29, 0.717) is 5.69 Å². The van der Waals surface area contributed by atoms with E-state index >= 15 is 0 Å². The number of carbonyl (C=O) groups is 1. The van der Waals surface area contributed by atoms with Crippen molar-refractivity contribution in [3.8, 4) is 5.75 Å². The maximum atomic E-state index is 11.8. The highest BCUT2D eigenvalue weighted by Gasteiger charge is 2.52. The van der Waals surface area contributed by atoms with Crippen LogP contribution >= 0.6 is 0 Å². The second-order valence-corrected chi connectivity index (χ2v) is 7.64. The maximum Gasteiger partial charge on any atom is 0.412 e. The molecule has 4 N–H and O–H groups in total. The number of rotatable bonds is 3. The van der Waals surface area contributed by atoms with Crippen molar-refractivity contribution >= 4 is 11.8 Å². The fourth-order valence-electron chi connectivity index (χ4n) is 2.59. The molecule has 0 aliphatic heterocycles. The molecule has 0 heterocycles. The lowest BCUT2D eigenvalue weighted by Gasteiger charge is -2.33. The van der Waals surface area contributed by atoms with Crippen LogP contribution in [0.1, 0.15) is 53.0 Å². The molecule has 22 heavy (non-hydrogen) atoms. The van der Waals surface area contributed by atoms with Crippen LogP contribution in [0.15, 0.2) is 18.2 Å². The van der Waals surface area contributed by atoms with E-state index in [9.17, 15) is 9.90 Å². The van der Waals surface area contributed by atoms with Gasteiger partial charge in [0.25, 0.3) is 0 Å². The molecule has 0 spiro atoms. The van der Waals surface area contributed by atoms with Crippen LogP contribution in [0.2, 0.25) is 0 Å². The van der Waals surface area contributed by atoms with E-state index in [4.69, 9.17) is 10.5 Å². The minimum absolute atomic E-state index is 0.135. The van der Waals surface area contributed by atoms with Gasteiger partial charge in [0.15, 0.2) is 0 Å². The van der Waals surface area contributed by atoms with Crippen LogP contribution in [-0.2, 0) is 10.2 Å². The summed E-state index contributed by atoms with van der Waals surface area (Å²) in [5.41, 5.74) is 6.46. The zero-order chi connectivity index (χ0) is 16.8. The molecule has 0 atom stereocenters. The Morgan fingerprint density at radius 3 is 2.32 bits per heavy atom. The minimum Gasteiger partial charge on any atom is -0.508 e. The molecule has 1 aromatic carbocycles. The summed E-state index contributed by atoms with van der Waals surface area (Å²) in [7, 11) is 0. The van der Waals surface area contributed by atoms with Crippen molar-refractivity contribution in [2.45, 2.75) is 64.0 Å². The Hall–Kier alpha value is -1.75. The number of carbonyl (C=O) groups excluding carboxylic acids is 1. The van der Waals surface area contributed by atoms with Gasteiger partial charge in [0.2, 0.25) is 0 Å². The molecule has 1 aliphatic rings. The molecule has 5 nitrogen and oxygen atoms in total. The highest BCUT2D eigenvalue weighted by atomic mass is 16.6. The van der Waals surface area contributed by atoms with E-state index in [0.717, 1.165) is 18.4 Å². The lowest BCUT2D eigenvalue weighted by atomic mass is 9.75. The van der Waals surface area contributed by atoms with Gasteiger partial charge in [0.05, 0.1) is 0 Å². The standard InChI is InChI=1S/C17H26N2O3/c1-15(2,3)22-14(21)19-11-6-7-12(13(20)10-11)16(4,5)17(18)8-9-17/h6-7,10,20H,8-9,18H2,1-5H3,(H,19,21). The van der Waals surface area contributed by atoms with Crippen LogP contribution in [-0.4, -0.2) is 22.3 Å². The SMILES string of the molecule is CC(C)(C)OC(=O)Nc1ccc(C(C)(C)C2(N)CC2)c(O)c1. The van der Waals surface area contributed by atoms with E-state index < -0.39 is 11.7 Å². The number of phenolic OH excluding ortho intramolecular Hbond substituents is 1. The molecule has 1 saturated carbocycles. The van der Waals surface area contributed by atoms with Gasteiger partial charge in [-0.2, -0.15) is 0 Å². The molecule has 1 aromatic rings. The number of phenols is 1. The molecule has 1 fully saturated rings. The Kier molecular flexibility index (Phi) is 3.90. The predicted octanol–water partition coefficient (Wildman–Crippen LogP) is 3.51. The third-order valence-electron chi connectivity index (χ3n) is 4.35. The molecule has 122 valence electrons. The molecular weight excluding hydrogens is 280 g/mol. The molecule has 0 bridgehead atoms. The molecular formula is C17H26N2O3. The van der Waals surface area contributed by atoms with Gasteiger partial charge in [0, 0.05) is 28.3 Å². The van der Waals surface area contributed by atoms with Crippen LogP contribution in [0.5, 0.6) is 5.75 Å². The van der Waals surface area contributed by atoms with Crippen molar-refractivity contribution in [3.63, 3.8) is 0 Å². The first-order chi connectivity index (χ1) is 9.95. The number of nitrogens with two attached hydrogens (primary N) is 1. The van der Waals surface area contributed by atoms with Crippen molar-refractivity contribution < 1.29 is 14.6 Å². The smallest absolute Gasteiger partial charge is 0.412 e. The van der Waals surface area contributed by atoms with Crippen molar-refractivity contribution in [2.24, 2.45) is 5.73 Å². The van der Waals surface area contributed by atoms with Crippen LogP contribution in [0.3, 0.4) is 0 Å². The van der Waals surface area contributed by atoms with Gasteiger partial charge in [-0.3, -0.25) is 5.32 Å². The largest absolute Gasteiger partial charge is 0.508 e. The highest BCUT2D eigenvalue weighted by molar-refractivity contribution is 5.85. The van der Waals surface area contributed by atoms with E-state index in [1.54, 1.807) is 26.8 Å². The first kappa shape index (κ1) is 16.6. The summed E-state index contributed by atoms with van der Waals surface area (Å²) in [6.45, 7) is 9.47. The topological polar surface area (TPSA) is 84.6 Å². The number of hydrogen-bond acceptors (Lipinski definition) is 4. The molecule has 1 aliphatic carbocycles. The van der Waals surface area contributed by atoms with Crippen molar-refractivity contribution in [3.05, 3.63) is 23.8 Å². The van der Waals surface area contributed by atoms with Crippen LogP contribution < -0.4 is 11.1 Å². The van der Waals surface area contributed by atoms with Gasteiger partial charge in [-0.15, -0.1) is 0 Å². The normalized spacial score (nSPS) is 17.0. The van der Waals surface area contributed by atoms with E-state index in [1.165, 1.54) is 6.07 Å². The van der Waals surface area contributed by atoms with Crippen LogP contribution in [0.4, 0.5) is 10.5 Å².